The second-order valence-corrected chi connectivity index (χ2v) is 8.34. The molecule has 0 aliphatic carbocycles. The van der Waals surface area contributed by atoms with Crippen LogP contribution in [0.25, 0.3) is 5.69 Å². The Labute approximate surface area is 159 Å². The molecular formula is C18H24N4O4S. The first-order chi connectivity index (χ1) is 12.9. The van der Waals surface area contributed by atoms with Gasteiger partial charge in [0.05, 0.1) is 24.5 Å². The number of amides is 1. The molecule has 0 fully saturated rings. The molecule has 1 amide bonds. The molecule has 9 heteroatoms. The Kier molecular flexibility index (Phi) is 5.64. The van der Waals surface area contributed by atoms with Gasteiger partial charge in [-0.15, -0.1) is 0 Å². The highest BCUT2D eigenvalue weighted by atomic mass is 32.2. The van der Waals surface area contributed by atoms with Crippen molar-refractivity contribution in [3.63, 3.8) is 0 Å². The Balaban J connectivity index is 2.15. The lowest BCUT2D eigenvalue weighted by atomic mass is 10.2. The topological polar surface area (TPSA) is 84.7 Å². The predicted molar refractivity (Wildman–Crippen MR) is 100 cm³/mol. The maximum atomic E-state index is 13.2. The Morgan fingerprint density at radius 3 is 2.78 bits per heavy atom. The lowest BCUT2D eigenvalue weighted by Crippen LogP contribution is -2.34. The predicted octanol–water partition coefficient (Wildman–Crippen LogP) is 1.51. The lowest BCUT2D eigenvalue weighted by molar-refractivity contribution is 0.0787. The zero-order valence-corrected chi connectivity index (χ0v) is 16.6. The third kappa shape index (κ3) is 3.50. The summed E-state index contributed by atoms with van der Waals surface area (Å²) in [6.45, 7) is 3.10. The summed E-state index contributed by atoms with van der Waals surface area (Å²) >= 11 is 0. The van der Waals surface area contributed by atoms with E-state index in [1.165, 1.54) is 17.7 Å². The summed E-state index contributed by atoms with van der Waals surface area (Å²) in [5.74, 6) is -0.214. The van der Waals surface area contributed by atoms with Crippen molar-refractivity contribution in [2.75, 3.05) is 33.9 Å². The van der Waals surface area contributed by atoms with Crippen molar-refractivity contribution in [3.05, 3.63) is 42.0 Å². The summed E-state index contributed by atoms with van der Waals surface area (Å²) in [6, 6.07) is 6.76. The molecule has 0 saturated carbocycles. The molecule has 1 aliphatic heterocycles. The smallest absolute Gasteiger partial charge is 0.274 e. The van der Waals surface area contributed by atoms with Gasteiger partial charge >= 0.3 is 0 Å². The van der Waals surface area contributed by atoms with Gasteiger partial charge in [-0.25, -0.2) is 13.4 Å². The van der Waals surface area contributed by atoms with E-state index in [9.17, 15) is 13.2 Å². The van der Waals surface area contributed by atoms with Crippen LogP contribution in [0.15, 0.2) is 35.5 Å². The zero-order valence-electron chi connectivity index (χ0n) is 15.8. The number of methoxy groups -OCH3 is 1. The summed E-state index contributed by atoms with van der Waals surface area (Å²) < 4.78 is 34.4. The van der Waals surface area contributed by atoms with Crippen LogP contribution in [0.4, 0.5) is 0 Å². The number of carbonyl (C=O) groups is 1. The van der Waals surface area contributed by atoms with Gasteiger partial charge in [-0.05, 0) is 18.6 Å². The maximum Gasteiger partial charge on any atom is 0.274 e. The van der Waals surface area contributed by atoms with Crippen LogP contribution < -0.4 is 0 Å². The van der Waals surface area contributed by atoms with E-state index in [0.717, 1.165) is 6.42 Å². The number of aromatic nitrogens is 2. The summed E-state index contributed by atoms with van der Waals surface area (Å²) in [5.41, 5.74) is 1.34. The van der Waals surface area contributed by atoms with Gasteiger partial charge < -0.3 is 9.64 Å². The molecule has 1 aromatic carbocycles. The normalized spacial score (nSPS) is 15.7. The summed E-state index contributed by atoms with van der Waals surface area (Å²) in [6.07, 6.45) is 2.35. The number of para-hydroxylation sites is 1. The van der Waals surface area contributed by atoms with Gasteiger partial charge in [0.15, 0.2) is 5.69 Å². The van der Waals surface area contributed by atoms with E-state index < -0.39 is 10.0 Å². The highest BCUT2D eigenvalue weighted by Gasteiger charge is 2.35. The molecule has 1 aromatic heterocycles. The van der Waals surface area contributed by atoms with Crippen LogP contribution in [0, 0.1) is 0 Å². The van der Waals surface area contributed by atoms with Crippen LogP contribution in [-0.2, 0) is 21.3 Å². The molecular weight excluding hydrogens is 368 g/mol. The number of hydrogen-bond donors (Lipinski definition) is 0. The summed E-state index contributed by atoms with van der Waals surface area (Å²) in [5, 5.41) is 0. The van der Waals surface area contributed by atoms with E-state index >= 15 is 0 Å². The largest absolute Gasteiger partial charge is 0.383 e. The fourth-order valence-corrected chi connectivity index (χ4v) is 4.75. The van der Waals surface area contributed by atoms with Gasteiger partial charge in [0.2, 0.25) is 10.0 Å². The summed E-state index contributed by atoms with van der Waals surface area (Å²) in [4.78, 5) is 19.0. The lowest BCUT2D eigenvalue weighted by Gasteiger charge is -2.20. The third-order valence-electron chi connectivity index (χ3n) is 4.59. The fraction of sp³-hybridized carbons (Fsp3) is 0.444. The molecule has 0 spiro atoms. The molecule has 0 bridgehead atoms. The Morgan fingerprint density at radius 1 is 1.33 bits per heavy atom. The van der Waals surface area contributed by atoms with Crippen molar-refractivity contribution in [2.45, 2.75) is 24.8 Å². The number of rotatable bonds is 6. The van der Waals surface area contributed by atoms with Crippen molar-refractivity contribution in [2.24, 2.45) is 0 Å². The Hall–Kier alpha value is -2.23. The number of fused-ring (bicyclic) bond motifs is 3. The highest BCUT2D eigenvalue weighted by molar-refractivity contribution is 7.89. The van der Waals surface area contributed by atoms with Crippen molar-refractivity contribution < 1.29 is 17.9 Å². The average Bonchev–Trinajstić information content (AvgIpc) is 3.04. The van der Waals surface area contributed by atoms with Crippen molar-refractivity contribution >= 4 is 15.9 Å². The molecule has 0 N–H and O–H groups in total. The Morgan fingerprint density at radius 2 is 2.07 bits per heavy atom. The van der Waals surface area contributed by atoms with Gasteiger partial charge in [-0.3, -0.25) is 9.36 Å². The second-order valence-electron chi connectivity index (χ2n) is 6.44. The van der Waals surface area contributed by atoms with Gasteiger partial charge in [0, 0.05) is 27.2 Å². The molecule has 1 aliphatic rings. The molecule has 0 saturated heterocycles. The molecule has 8 nitrogen and oxygen atoms in total. The van der Waals surface area contributed by atoms with E-state index in [-0.39, 0.29) is 36.2 Å². The van der Waals surface area contributed by atoms with Crippen LogP contribution in [0.3, 0.4) is 0 Å². The first-order valence-corrected chi connectivity index (χ1v) is 10.3. The number of ether oxygens (including phenoxy) is 1. The molecule has 2 aromatic rings. The number of imidazole rings is 1. The number of nitrogens with zero attached hydrogens (tertiary/aromatic N) is 4. The molecule has 3 rings (SSSR count). The van der Waals surface area contributed by atoms with E-state index in [1.54, 1.807) is 40.8 Å². The van der Waals surface area contributed by atoms with Crippen LogP contribution >= 0.6 is 0 Å². The quantitative estimate of drug-likeness (QED) is 0.744. The molecule has 0 radical (unpaired) electrons. The van der Waals surface area contributed by atoms with Crippen molar-refractivity contribution in [1.29, 1.82) is 0 Å². The third-order valence-corrected chi connectivity index (χ3v) is 6.48. The molecule has 146 valence electrons. The molecule has 0 unspecified atom stereocenters. The van der Waals surface area contributed by atoms with Crippen molar-refractivity contribution in [3.8, 4) is 5.69 Å². The SMILES string of the molecule is CCCN(C)C(=O)c1ncn2c1CN(CCOC)S(=O)(=O)c1ccccc1-2. The van der Waals surface area contributed by atoms with Gasteiger partial charge in [0.1, 0.15) is 11.2 Å². The molecule has 27 heavy (non-hydrogen) atoms. The highest BCUT2D eigenvalue weighted by Crippen LogP contribution is 2.31. The fourth-order valence-electron chi connectivity index (χ4n) is 3.19. The monoisotopic (exact) mass is 392 g/mol. The summed E-state index contributed by atoms with van der Waals surface area (Å²) in [7, 11) is -0.473. The van der Waals surface area contributed by atoms with Crippen LogP contribution in [0.1, 0.15) is 29.5 Å². The van der Waals surface area contributed by atoms with E-state index in [2.05, 4.69) is 4.98 Å². The first-order valence-electron chi connectivity index (χ1n) is 8.82. The van der Waals surface area contributed by atoms with E-state index in [0.29, 0.717) is 17.9 Å². The van der Waals surface area contributed by atoms with Gasteiger partial charge in [-0.1, -0.05) is 19.1 Å². The maximum absolute atomic E-state index is 13.2. The zero-order chi connectivity index (χ0) is 19.6. The first kappa shape index (κ1) is 19.5. The van der Waals surface area contributed by atoms with Crippen molar-refractivity contribution in [1.82, 2.24) is 18.8 Å². The minimum Gasteiger partial charge on any atom is -0.383 e. The minimum absolute atomic E-state index is 0.0570. The Bertz CT molecular complexity index is 939. The number of benzene rings is 1. The van der Waals surface area contributed by atoms with Crippen LogP contribution in [0.5, 0.6) is 0 Å². The second kappa shape index (κ2) is 7.79. The van der Waals surface area contributed by atoms with Crippen LogP contribution in [-0.4, -0.2) is 66.9 Å². The van der Waals surface area contributed by atoms with E-state index in [4.69, 9.17) is 4.74 Å². The minimum atomic E-state index is -3.72. The van der Waals surface area contributed by atoms with E-state index in [1.807, 2.05) is 6.92 Å². The number of carbonyl (C=O) groups excluding carboxylic acids is 1. The number of sulfonamides is 1. The van der Waals surface area contributed by atoms with Crippen LogP contribution in [0.2, 0.25) is 0 Å². The average molecular weight is 392 g/mol. The molecule has 2 heterocycles. The van der Waals surface area contributed by atoms with Gasteiger partial charge in [0.25, 0.3) is 5.91 Å². The van der Waals surface area contributed by atoms with Gasteiger partial charge in [-0.2, -0.15) is 4.31 Å². The standard InChI is InChI=1S/C18H24N4O4S/c1-4-9-20(2)18(23)17-15-12-21(10-11-26-3)27(24,25)16-8-6-5-7-14(16)22(15)13-19-17/h5-8,13H,4,9-12H2,1-3H3. The molecule has 0 atom stereocenters. The number of hydrogen-bond acceptors (Lipinski definition) is 5.